The number of hydrogen-bond donors (Lipinski definition) is 2. The van der Waals surface area contributed by atoms with Crippen LogP contribution in [-0.2, 0) is 9.59 Å². The van der Waals surface area contributed by atoms with Crippen molar-refractivity contribution in [1.82, 2.24) is 10.2 Å². The zero-order valence-electron chi connectivity index (χ0n) is 22.1. The number of hydrogen-bond acceptors (Lipinski definition) is 11. The van der Waals surface area contributed by atoms with Crippen LogP contribution in [0.4, 0.5) is 10.8 Å². The highest BCUT2D eigenvalue weighted by atomic mass is 35.5. The predicted octanol–water partition coefficient (Wildman–Crippen LogP) is 5.24. The Labute approximate surface area is 249 Å². The van der Waals surface area contributed by atoms with Crippen LogP contribution in [-0.4, -0.2) is 41.9 Å². The van der Waals surface area contributed by atoms with E-state index >= 15 is 0 Å². The molecule has 1 aliphatic heterocycles. The molecule has 3 N–H and O–H groups in total. The number of anilines is 2. The van der Waals surface area contributed by atoms with E-state index in [-0.39, 0.29) is 28.8 Å². The summed E-state index contributed by atoms with van der Waals surface area (Å²) in [7, 11) is 3.07. The summed E-state index contributed by atoms with van der Waals surface area (Å²) < 4.78 is 11.2. The van der Waals surface area contributed by atoms with Crippen molar-refractivity contribution >= 4 is 57.2 Å². The van der Waals surface area contributed by atoms with E-state index < -0.39 is 5.92 Å². The van der Waals surface area contributed by atoms with Crippen LogP contribution in [0.25, 0.3) is 0 Å². The molecule has 0 radical (unpaired) electrons. The number of thioether (sulfide) groups is 1. The number of methoxy groups -OCH3 is 2. The van der Waals surface area contributed by atoms with Crippen molar-refractivity contribution in [3.05, 3.63) is 75.7 Å². The summed E-state index contributed by atoms with van der Waals surface area (Å²) in [5, 5.41) is 22.4. The molecule has 3 aromatic rings. The van der Waals surface area contributed by atoms with Crippen LogP contribution in [0.2, 0.25) is 5.02 Å². The minimum atomic E-state index is -0.646. The average molecular weight is 609 g/mol. The third-order valence-electron chi connectivity index (χ3n) is 6.71. The van der Waals surface area contributed by atoms with Crippen LogP contribution in [0.3, 0.4) is 0 Å². The minimum Gasteiger partial charge on any atom is -0.496 e. The molecule has 1 atom stereocenters. The van der Waals surface area contributed by atoms with E-state index in [0.29, 0.717) is 67.8 Å². The van der Waals surface area contributed by atoms with Gasteiger partial charge in [-0.15, -0.1) is 10.2 Å². The molecule has 2 aromatic carbocycles. The van der Waals surface area contributed by atoms with Gasteiger partial charge in [-0.1, -0.05) is 52.9 Å². The largest absolute Gasteiger partial charge is 0.496 e. The Morgan fingerprint density at radius 2 is 2.00 bits per heavy atom. The maximum atomic E-state index is 13.4. The van der Waals surface area contributed by atoms with E-state index in [4.69, 9.17) is 26.8 Å². The van der Waals surface area contributed by atoms with Gasteiger partial charge in [-0.05, 0) is 37.1 Å². The molecule has 0 saturated carbocycles. The fraction of sp³-hybridized carbons (Fsp3) is 0.250. The van der Waals surface area contributed by atoms with Gasteiger partial charge in [0, 0.05) is 28.9 Å². The zero-order chi connectivity index (χ0) is 29.1. The minimum absolute atomic E-state index is 0.0400. The van der Waals surface area contributed by atoms with Gasteiger partial charge in [0.2, 0.25) is 11.0 Å². The summed E-state index contributed by atoms with van der Waals surface area (Å²) in [5.74, 6) is 0.419. The van der Waals surface area contributed by atoms with Crippen LogP contribution in [0, 0.1) is 11.3 Å². The highest BCUT2D eigenvalue weighted by Crippen LogP contribution is 2.48. The molecular weight excluding hydrogens is 584 g/mol. The van der Waals surface area contributed by atoms with Gasteiger partial charge in [-0.25, -0.2) is 0 Å². The number of allylic oxidation sites excluding steroid dienone is 3. The molecule has 1 aromatic heterocycles. The highest BCUT2D eigenvalue weighted by Gasteiger charge is 2.42. The molecule has 1 amide bonds. The maximum Gasteiger partial charge on any atom is 0.234 e. The lowest BCUT2D eigenvalue weighted by Gasteiger charge is -2.38. The number of halogens is 1. The average Bonchev–Trinajstić information content (AvgIpc) is 3.44. The molecule has 0 fully saturated rings. The Morgan fingerprint density at radius 3 is 2.73 bits per heavy atom. The van der Waals surface area contributed by atoms with Crippen molar-refractivity contribution in [3.63, 3.8) is 0 Å². The number of nitrogens with two attached hydrogens (primary N) is 1. The van der Waals surface area contributed by atoms with Crippen LogP contribution in [0.5, 0.6) is 11.5 Å². The van der Waals surface area contributed by atoms with Crippen LogP contribution < -0.4 is 25.4 Å². The van der Waals surface area contributed by atoms with Gasteiger partial charge in [0.25, 0.3) is 0 Å². The lowest BCUT2D eigenvalue weighted by Crippen LogP contribution is -2.38. The number of ketones is 1. The van der Waals surface area contributed by atoms with E-state index in [9.17, 15) is 14.9 Å². The van der Waals surface area contributed by atoms with Crippen molar-refractivity contribution in [2.75, 3.05) is 30.2 Å². The monoisotopic (exact) mass is 608 g/mol. The van der Waals surface area contributed by atoms with Crippen molar-refractivity contribution in [2.45, 2.75) is 29.5 Å². The number of Topliss-reactive ketones (excluding diaryl/α,β-unsaturated/α-hetero) is 1. The second kappa shape index (κ2) is 12.2. The molecule has 10 nitrogen and oxygen atoms in total. The fourth-order valence-corrected chi connectivity index (χ4v) is 6.88. The first-order valence-corrected chi connectivity index (χ1v) is 14.7. The van der Waals surface area contributed by atoms with E-state index in [2.05, 4.69) is 21.6 Å². The first-order valence-electron chi connectivity index (χ1n) is 12.5. The molecule has 210 valence electrons. The second-order valence-electron chi connectivity index (χ2n) is 9.09. The number of amides is 1. The molecule has 1 aliphatic carbocycles. The lowest BCUT2D eigenvalue weighted by molar-refractivity contribution is -0.116. The van der Waals surface area contributed by atoms with E-state index in [0.717, 1.165) is 0 Å². The highest BCUT2D eigenvalue weighted by molar-refractivity contribution is 8.01. The summed E-state index contributed by atoms with van der Waals surface area (Å²) in [6.07, 6.45) is 1.61. The Kier molecular flexibility index (Phi) is 8.49. The molecule has 2 heterocycles. The zero-order valence-corrected chi connectivity index (χ0v) is 24.5. The maximum absolute atomic E-state index is 13.4. The smallest absolute Gasteiger partial charge is 0.234 e. The van der Waals surface area contributed by atoms with E-state index in [1.165, 1.54) is 30.2 Å². The molecule has 5 rings (SSSR count). The number of benzene rings is 2. The van der Waals surface area contributed by atoms with Gasteiger partial charge in [0.1, 0.15) is 17.3 Å². The number of carbonyl (C=O) groups is 2. The quantitative estimate of drug-likeness (QED) is 0.326. The molecule has 0 bridgehead atoms. The van der Waals surface area contributed by atoms with Crippen molar-refractivity contribution in [3.8, 4) is 17.6 Å². The first kappa shape index (κ1) is 28.5. The number of rotatable bonds is 8. The van der Waals surface area contributed by atoms with Gasteiger partial charge in [0.05, 0.1) is 42.6 Å². The Balaban J connectivity index is 1.41. The van der Waals surface area contributed by atoms with Crippen molar-refractivity contribution < 1.29 is 19.1 Å². The number of nitrogens with one attached hydrogen (secondary N) is 1. The van der Waals surface area contributed by atoms with Gasteiger partial charge in [-0.2, -0.15) is 5.26 Å². The molecule has 0 spiro atoms. The lowest BCUT2D eigenvalue weighted by atomic mass is 9.75. The van der Waals surface area contributed by atoms with Gasteiger partial charge in [-0.3, -0.25) is 14.5 Å². The molecule has 13 heteroatoms. The second-order valence-corrected chi connectivity index (χ2v) is 11.7. The normalized spacial score (nSPS) is 16.8. The third kappa shape index (κ3) is 5.61. The third-order valence-corrected chi connectivity index (χ3v) is 9.05. The van der Waals surface area contributed by atoms with Gasteiger partial charge < -0.3 is 20.5 Å². The number of nitrogens with zero attached hydrogens (tertiary/aromatic N) is 4. The fourth-order valence-electron chi connectivity index (χ4n) is 4.94. The Morgan fingerprint density at radius 1 is 1.22 bits per heavy atom. The molecule has 0 saturated heterocycles. The van der Waals surface area contributed by atoms with Gasteiger partial charge in [0.15, 0.2) is 10.1 Å². The topological polar surface area (TPSA) is 143 Å². The Hall–Kier alpha value is -4.05. The van der Waals surface area contributed by atoms with E-state index in [1.54, 1.807) is 36.3 Å². The van der Waals surface area contributed by atoms with Gasteiger partial charge >= 0.3 is 0 Å². The number of ether oxygens (including phenoxy) is 2. The predicted molar refractivity (Wildman–Crippen MR) is 158 cm³/mol. The molecule has 1 unspecified atom stereocenters. The van der Waals surface area contributed by atoms with Crippen LogP contribution in [0.15, 0.2) is 69.5 Å². The van der Waals surface area contributed by atoms with Crippen molar-refractivity contribution in [2.24, 2.45) is 5.73 Å². The SMILES string of the molecule is COc1ccc(NC(=O)CSc2nnc(N3C(N)=C(C#N)C(c4ccccc4OC)C4=C3CCCC4=O)s2)cc1Cl. The molecule has 2 aliphatic rings. The van der Waals surface area contributed by atoms with Crippen LogP contribution in [0.1, 0.15) is 30.7 Å². The summed E-state index contributed by atoms with van der Waals surface area (Å²) in [4.78, 5) is 27.6. The van der Waals surface area contributed by atoms with Crippen molar-refractivity contribution in [1.29, 1.82) is 5.26 Å². The number of aromatic nitrogens is 2. The summed E-state index contributed by atoms with van der Waals surface area (Å²) in [5.41, 5.74) is 9.35. The number of para-hydroxylation sites is 1. The number of nitriles is 1. The molecular formula is C28H25ClN6O4S2. The first-order chi connectivity index (χ1) is 19.9. The van der Waals surface area contributed by atoms with E-state index in [1.807, 2.05) is 18.2 Å². The van der Waals surface area contributed by atoms with Crippen LogP contribution >= 0.6 is 34.7 Å². The summed E-state index contributed by atoms with van der Waals surface area (Å²) in [6, 6.07) is 14.5. The Bertz CT molecular complexity index is 1630. The standard InChI is InChI=1S/C28H25ClN6O4S2/c1-38-21-9-4-3-6-16(21)24-17(13-30)26(31)35(19-7-5-8-20(36)25(19)24)27-33-34-28(41-27)40-14-23(37)32-15-10-11-22(39-2)18(29)12-15/h3-4,6,9-12,24H,5,7-8,14,31H2,1-2H3,(H,32,37). The number of carbonyl (C=O) groups excluding carboxylic acids is 2. The molecule has 41 heavy (non-hydrogen) atoms. The summed E-state index contributed by atoms with van der Waals surface area (Å²) in [6.45, 7) is 0. The summed E-state index contributed by atoms with van der Waals surface area (Å²) >= 11 is 8.58.